The van der Waals surface area contributed by atoms with E-state index in [4.69, 9.17) is 16.7 Å². The number of halogens is 1. The molecule has 0 bridgehead atoms. The number of hydrogen-bond acceptors (Lipinski definition) is 4. The Kier molecular flexibility index (Phi) is 5.52. The van der Waals surface area contributed by atoms with E-state index < -0.39 is 5.92 Å². The van der Waals surface area contributed by atoms with Gasteiger partial charge in [0.15, 0.2) is 0 Å². The van der Waals surface area contributed by atoms with Crippen LogP contribution in [0.15, 0.2) is 95.1 Å². The minimum absolute atomic E-state index is 0.165. The Hall–Kier alpha value is -3.77. The first-order valence-corrected chi connectivity index (χ1v) is 11.1. The van der Waals surface area contributed by atoms with Gasteiger partial charge < -0.3 is 0 Å². The fourth-order valence-electron chi connectivity index (χ4n) is 4.26. The number of hydrazone groups is 2. The van der Waals surface area contributed by atoms with Gasteiger partial charge in [-0.3, -0.25) is 9.59 Å². The zero-order valence-electron chi connectivity index (χ0n) is 17.9. The van der Waals surface area contributed by atoms with Gasteiger partial charge in [-0.1, -0.05) is 60.1 Å². The topological polar surface area (TPSA) is 65.3 Å². The van der Waals surface area contributed by atoms with Gasteiger partial charge in [-0.15, -0.1) is 0 Å². The van der Waals surface area contributed by atoms with E-state index in [1.165, 1.54) is 10.0 Å². The molecule has 0 saturated carbocycles. The number of amides is 2. The fraction of sp³-hybridized carbons (Fsp3) is 0.154. The molecule has 3 aromatic rings. The second kappa shape index (κ2) is 8.64. The number of para-hydroxylation sites is 1. The molecule has 0 aromatic heterocycles. The van der Waals surface area contributed by atoms with Crippen LogP contribution in [-0.4, -0.2) is 28.2 Å². The molecule has 2 aliphatic rings. The normalized spacial score (nSPS) is 20.1. The van der Waals surface area contributed by atoms with E-state index in [9.17, 15) is 9.59 Å². The Balaban J connectivity index is 1.50. The van der Waals surface area contributed by atoms with Crippen LogP contribution in [-0.2, 0) is 4.79 Å². The molecule has 5 rings (SSSR count). The van der Waals surface area contributed by atoms with E-state index in [0.717, 1.165) is 5.56 Å². The highest BCUT2D eigenvalue weighted by atomic mass is 35.5. The van der Waals surface area contributed by atoms with Crippen molar-refractivity contribution in [2.75, 3.05) is 5.01 Å². The van der Waals surface area contributed by atoms with Crippen molar-refractivity contribution in [3.8, 4) is 0 Å². The second-order valence-electron chi connectivity index (χ2n) is 8.04. The third-order valence-corrected chi connectivity index (χ3v) is 6.13. The first-order valence-electron chi connectivity index (χ1n) is 10.7. The highest BCUT2D eigenvalue weighted by molar-refractivity contribution is 6.30. The highest BCUT2D eigenvalue weighted by Gasteiger charge is 2.43. The number of anilines is 1. The van der Waals surface area contributed by atoms with Crippen LogP contribution in [0.4, 0.5) is 5.69 Å². The van der Waals surface area contributed by atoms with Crippen LogP contribution < -0.4 is 5.01 Å². The van der Waals surface area contributed by atoms with E-state index in [1.807, 2.05) is 67.6 Å². The Labute approximate surface area is 196 Å². The number of carbonyl (C=O) groups excluding carboxylic acids is 2. The summed E-state index contributed by atoms with van der Waals surface area (Å²) >= 11 is 6.08. The summed E-state index contributed by atoms with van der Waals surface area (Å²) in [5.41, 5.74) is 3.43. The van der Waals surface area contributed by atoms with Gasteiger partial charge in [0.25, 0.3) is 11.8 Å². The van der Waals surface area contributed by atoms with Crippen LogP contribution in [0.1, 0.15) is 35.3 Å². The fourth-order valence-corrected chi connectivity index (χ4v) is 4.38. The quantitative estimate of drug-likeness (QED) is 0.533. The molecule has 0 saturated heterocycles. The van der Waals surface area contributed by atoms with E-state index in [0.29, 0.717) is 34.1 Å². The van der Waals surface area contributed by atoms with E-state index in [-0.39, 0.29) is 17.9 Å². The standard InChI is InChI=1S/C26H21ClN4O2/c1-17-24(26(33)30(28-17)21-10-6-3-7-11-21)22-16-23(18-12-14-20(27)15-13-18)31(29-22)25(32)19-8-4-2-5-9-19/h2-15,23-24H,16H2,1H3. The summed E-state index contributed by atoms with van der Waals surface area (Å²) in [6.45, 7) is 1.83. The smallest absolute Gasteiger partial charge is 0.271 e. The van der Waals surface area contributed by atoms with Crippen molar-refractivity contribution in [1.29, 1.82) is 0 Å². The molecule has 164 valence electrons. The van der Waals surface area contributed by atoms with Crippen molar-refractivity contribution in [1.82, 2.24) is 5.01 Å². The Morgan fingerprint density at radius 3 is 2.21 bits per heavy atom. The minimum Gasteiger partial charge on any atom is -0.271 e. The van der Waals surface area contributed by atoms with Gasteiger partial charge in [-0.05, 0) is 48.9 Å². The van der Waals surface area contributed by atoms with Crippen LogP contribution in [0.5, 0.6) is 0 Å². The van der Waals surface area contributed by atoms with E-state index in [1.54, 1.807) is 24.3 Å². The lowest BCUT2D eigenvalue weighted by atomic mass is 9.92. The summed E-state index contributed by atoms with van der Waals surface area (Å²) in [7, 11) is 0. The van der Waals surface area contributed by atoms with Crippen molar-refractivity contribution in [3.63, 3.8) is 0 Å². The summed E-state index contributed by atoms with van der Waals surface area (Å²) < 4.78 is 0. The number of nitrogens with zero attached hydrogens (tertiary/aromatic N) is 4. The predicted octanol–water partition coefficient (Wildman–Crippen LogP) is 5.32. The molecule has 2 atom stereocenters. The maximum atomic E-state index is 13.4. The van der Waals surface area contributed by atoms with Gasteiger partial charge in [0.1, 0.15) is 5.92 Å². The summed E-state index contributed by atoms with van der Waals surface area (Å²) in [4.78, 5) is 26.7. The van der Waals surface area contributed by atoms with Crippen molar-refractivity contribution in [2.45, 2.75) is 19.4 Å². The van der Waals surface area contributed by atoms with Crippen molar-refractivity contribution in [3.05, 3.63) is 101 Å². The van der Waals surface area contributed by atoms with Crippen molar-refractivity contribution < 1.29 is 9.59 Å². The Morgan fingerprint density at radius 2 is 1.55 bits per heavy atom. The van der Waals surface area contributed by atoms with Crippen LogP contribution in [0.3, 0.4) is 0 Å². The first-order chi connectivity index (χ1) is 16.0. The molecular formula is C26H21ClN4O2. The van der Waals surface area contributed by atoms with Crippen molar-refractivity contribution in [2.24, 2.45) is 16.1 Å². The SMILES string of the molecule is CC1=NN(c2ccccc2)C(=O)C1C1=NN(C(=O)c2ccccc2)C(c2ccc(Cl)cc2)C1. The van der Waals surface area contributed by atoms with Crippen LogP contribution in [0.25, 0.3) is 0 Å². The number of benzene rings is 3. The van der Waals surface area contributed by atoms with Gasteiger partial charge in [0, 0.05) is 17.0 Å². The monoisotopic (exact) mass is 456 g/mol. The Bertz CT molecular complexity index is 1260. The zero-order valence-corrected chi connectivity index (χ0v) is 18.7. The van der Waals surface area contributed by atoms with E-state index >= 15 is 0 Å². The molecule has 7 heteroatoms. The lowest BCUT2D eigenvalue weighted by Crippen LogP contribution is -2.32. The predicted molar refractivity (Wildman–Crippen MR) is 129 cm³/mol. The Morgan fingerprint density at radius 1 is 0.909 bits per heavy atom. The zero-order chi connectivity index (χ0) is 22.9. The molecule has 2 amide bonds. The summed E-state index contributed by atoms with van der Waals surface area (Å²) in [6, 6.07) is 25.4. The minimum atomic E-state index is -0.603. The van der Waals surface area contributed by atoms with Gasteiger partial charge in [-0.25, -0.2) is 5.01 Å². The molecule has 2 heterocycles. The second-order valence-corrected chi connectivity index (χ2v) is 8.47. The number of rotatable bonds is 4. The summed E-state index contributed by atoms with van der Waals surface area (Å²) in [5.74, 6) is -0.986. The maximum absolute atomic E-state index is 13.4. The summed E-state index contributed by atoms with van der Waals surface area (Å²) in [6.07, 6.45) is 0.437. The maximum Gasteiger partial charge on any atom is 0.274 e. The number of carbonyl (C=O) groups is 2. The van der Waals surface area contributed by atoms with E-state index in [2.05, 4.69) is 5.10 Å². The third-order valence-electron chi connectivity index (χ3n) is 5.88. The van der Waals surface area contributed by atoms with Crippen molar-refractivity contribution >= 4 is 40.5 Å². The van der Waals surface area contributed by atoms with Crippen LogP contribution in [0.2, 0.25) is 5.02 Å². The molecule has 2 unspecified atom stereocenters. The molecule has 0 N–H and O–H groups in total. The average molecular weight is 457 g/mol. The molecule has 0 aliphatic carbocycles. The molecule has 0 fully saturated rings. The van der Waals surface area contributed by atoms with Gasteiger partial charge >= 0.3 is 0 Å². The molecule has 33 heavy (non-hydrogen) atoms. The molecule has 0 radical (unpaired) electrons. The molecule has 6 nitrogen and oxygen atoms in total. The third kappa shape index (κ3) is 3.94. The lowest BCUT2D eigenvalue weighted by molar-refractivity contribution is -0.118. The molecule has 0 spiro atoms. The van der Waals surface area contributed by atoms with Gasteiger partial charge in [0.05, 0.1) is 23.2 Å². The lowest BCUT2D eigenvalue weighted by Gasteiger charge is -2.22. The van der Waals surface area contributed by atoms with Crippen LogP contribution in [0, 0.1) is 5.92 Å². The average Bonchev–Trinajstić information content (AvgIpc) is 3.40. The van der Waals surface area contributed by atoms with Gasteiger partial charge in [-0.2, -0.15) is 15.2 Å². The summed E-state index contributed by atoms with van der Waals surface area (Å²) in [5, 5.41) is 12.7. The van der Waals surface area contributed by atoms with Crippen LogP contribution >= 0.6 is 11.6 Å². The molecular weight excluding hydrogens is 436 g/mol. The largest absolute Gasteiger partial charge is 0.274 e. The molecule has 2 aliphatic heterocycles. The first kappa shape index (κ1) is 21.1. The number of hydrogen-bond donors (Lipinski definition) is 0. The molecule has 3 aromatic carbocycles. The highest BCUT2D eigenvalue weighted by Crippen LogP contribution is 2.37. The van der Waals surface area contributed by atoms with Gasteiger partial charge in [0.2, 0.25) is 0 Å².